The van der Waals surface area contributed by atoms with Crippen LogP contribution >= 0.6 is 0 Å². The topological polar surface area (TPSA) is 62.6 Å². The molecule has 1 saturated heterocycles. The van der Waals surface area contributed by atoms with Gasteiger partial charge < -0.3 is 14.4 Å². The average molecular weight is 444 g/mol. The maximum atomic E-state index is 13.5. The second kappa shape index (κ2) is 8.80. The van der Waals surface area contributed by atoms with Crippen LogP contribution in [0.25, 0.3) is 10.9 Å². The zero-order valence-electron chi connectivity index (χ0n) is 17.5. The second-order valence-corrected chi connectivity index (χ2v) is 9.80. The molecule has 0 bridgehead atoms. The standard InChI is InChI=1S/C23H26FN3O3S/c1-2-25-10-12-26(13-11-25)23(28)16-27-15-22(20-8-3-4-9-21(20)27)31(29,30)17-18-6-5-7-19(24)14-18/h3-9,14-15H,2,10-13,16-17H2,1H3. The molecule has 6 nitrogen and oxygen atoms in total. The molecule has 0 spiro atoms. The third-order valence-corrected chi connectivity index (χ3v) is 7.52. The third-order valence-electron chi connectivity index (χ3n) is 5.81. The van der Waals surface area contributed by atoms with E-state index in [4.69, 9.17) is 0 Å². The van der Waals surface area contributed by atoms with Crippen molar-refractivity contribution in [2.75, 3.05) is 32.7 Å². The van der Waals surface area contributed by atoms with Crippen molar-refractivity contribution < 1.29 is 17.6 Å². The number of amides is 1. The molecule has 164 valence electrons. The fourth-order valence-electron chi connectivity index (χ4n) is 4.07. The van der Waals surface area contributed by atoms with Gasteiger partial charge in [-0.15, -0.1) is 0 Å². The quantitative estimate of drug-likeness (QED) is 0.588. The van der Waals surface area contributed by atoms with E-state index in [0.717, 1.165) is 19.6 Å². The molecule has 4 rings (SSSR count). The van der Waals surface area contributed by atoms with Crippen LogP contribution in [0.3, 0.4) is 0 Å². The number of hydrogen-bond donors (Lipinski definition) is 0. The Morgan fingerprint density at radius 3 is 2.48 bits per heavy atom. The Balaban J connectivity index is 1.61. The van der Waals surface area contributed by atoms with Crippen LogP contribution in [0.2, 0.25) is 0 Å². The smallest absolute Gasteiger partial charge is 0.242 e. The largest absolute Gasteiger partial charge is 0.339 e. The van der Waals surface area contributed by atoms with Gasteiger partial charge in [0.1, 0.15) is 12.4 Å². The Labute approximate surface area is 181 Å². The summed E-state index contributed by atoms with van der Waals surface area (Å²) in [5, 5.41) is 0.572. The molecule has 0 aliphatic carbocycles. The monoisotopic (exact) mass is 443 g/mol. The molecular weight excluding hydrogens is 417 g/mol. The van der Waals surface area contributed by atoms with Gasteiger partial charge in [-0.05, 0) is 30.3 Å². The number of piperazine rings is 1. The van der Waals surface area contributed by atoms with Gasteiger partial charge in [0.2, 0.25) is 5.91 Å². The van der Waals surface area contributed by atoms with Crippen molar-refractivity contribution in [1.82, 2.24) is 14.4 Å². The Morgan fingerprint density at radius 2 is 1.77 bits per heavy atom. The van der Waals surface area contributed by atoms with E-state index in [1.54, 1.807) is 29.0 Å². The second-order valence-electron chi connectivity index (χ2n) is 7.84. The lowest BCUT2D eigenvalue weighted by Crippen LogP contribution is -2.49. The fourth-order valence-corrected chi connectivity index (χ4v) is 5.64. The number of para-hydroxylation sites is 1. The van der Waals surface area contributed by atoms with Crippen molar-refractivity contribution in [2.45, 2.75) is 24.1 Å². The van der Waals surface area contributed by atoms with Gasteiger partial charge >= 0.3 is 0 Å². The van der Waals surface area contributed by atoms with Crippen molar-refractivity contribution in [3.05, 3.63) is 66.1 Å². The van der Waals surface area contributed by atoms with Crippen molar-refractivity contribution in [1.29, 1.82) is 0 Å². The number of halogens is 1. The molecule has 0 N–H and O–H groups in total. The molecule has 0 radical (unpaired) electrons. The fraction of sp³-hybridized carbons (Fsp3) is 0.348. The SMILES string of the molecule is CCN1CCN(C(=O)Cn2cc(S(=O)(=O)Cc3cccc(F)c3)c3ccccc32)CC1. The first-order valence-electron chi connectivity index (χ1n) is 10.4. The molecule has 1 aliphatic rings. The Morgan fingerprint density at radius 1 is 1.03 bits per heavy atom. The van der Waals surface area contributed by atoms with Crippen LogP contribution in [-0.2, 0) is 26.9 Å². The number of hydrogen-bond acceptors (Lipinski definition) is 4. The summed E-state index contributed by atoms with van der Waals surface area (Å²) in [6, 6.07) is 12.8. The maximum absolute atomic E-state index is 13.5. The summed E-state index contributed by atoms with van der Waals surface area (Å²) >= 11 is 0. The molecule has 2 heterocycles. The molecule has 8 heteroatoms. The highest BCUT2D eigenvalue weighted by atomic mass is 32.2. The number of benzene rings is 2. The molecule has 31 heavy (non-hydrogen) atoms. The predicted octanol–water partition coefficient (Wildman–Crippen LogP) is 2.92. The van der Waals surface area contributed by atoms with Gasteiger partial charge in [0.25, 0.3) is 0 Å². The van der Waals surface area contributed by atoms with E-state index in [9.17, 15) is 17.6 Å². The number of rotatable bonds is 6. The molecule has 0 saturated carbocycles. The van der Waals surface area contributed by atoms with Gasteiger partial charge in [-0.2, -0.15) is 0 Å². The lowest BCUT2D eigenvalue weighted by atomic mass is 10.2. The summed E-state index contributed by atoms with van der Waals surface area (Å²) in [4.78, 5) is 17.2. The van der Waals surface area contributed by atoms with Crippen LogP contribution in [0.4, 0.5) is 4.39 Å². The highest BCUT2D eigenvalue weighted by Gasteiger charge is 2.25. The Bertz CT molecular complexity index is 1200. The number of aromatic nitrogens is 1. The van der Waals surface area contributed by atoms with E-state index < -0.39 is 15.7 Å². The summed E-state index contributed by atoms with van der Waals surface area (Å²) in [6.45, 7) is 6.21. The van der Waals surface area contributed by atoms with Gasteiger partial charge in [0.15, 0.2) is 9.84 Å². The molecule has 0 atom stereocenters. The van der Waals surface area contributed by atoms with E-state index in [-0.39, 0.29) is 23.1 Å². The van der Waals surface area contributed by atoms with E-state index in [1.165, 1.54) is 18.2 Å². The van der Waals surface area contributed by atoms with Crippen LogP contribution in [0.5, 0.6) is 0 Å². The number of carbonyl (C=O) groups is 1. The maximum Gasteiger partial charge on any atom is 0.242 e. The average Bonchev–Trinajstić information content (AvgIpc) is 3.13. The minimum absolute atomic E-state index is 0.0226. The summed E-state index contributed by atoms with van der Waals surface area (Å²) in [6.07, 6.45) is 1.54. The van der Waals surface area contributed by atoms with Gasteiger partial charge in [-0.1, -0.05) is 37.3 Å². The van der Waals surface area contributed by atoms with Crippen LogP contribution in [0.15, 0.2) is 59.6 Å². The summed E-state index contributed by atoms with van der Waals surface area (Å²) in [7, 11) is -3.73. The van der Waals surface area contributed by atoms with Gasteiger partial charge in [-0.3, -0.25) is 4.79 Å². The lowest BCUT2D eigenvalue weighted by molar-refractivity contribution is -0.133. The normalized spacial score (nSPS) is 15.5. The molecular formula is C23H26FN3O3S. The van der Waals surface area contributed by atoms with Crippen molar-refractivity contribution in [2.24, 2.45) is 0 Å². The number of carbonyl (C=O) groups excluding carboxylic acids is 1. The Kier molecular flexibility index (Phi) is 6.11. The lowest BCUT2D eigenvalue weighted by Gasteiger charge is -2.34. The third kappa shape index (κ3) is 4.65. The zero-order chi connectivity index (χ0) is 22.0. The molecule has 1 amide bonds. The van der Waals surface area contributed by atoms with Gasteiger partial charge in [0, 0.05) is 43.3 Å². The highest BCUT2D eigenvalue weighted by molar-refractivity contribution is 7.90. The number of fused-ring (bicyclic) bond motifs is 1. The van der Waals surface area contributed by atoms with Crippen LogP contribution < -0.4 is 0 Å². The molecule has 1 aromatic heterocycles. The first kappa shape index (κ1) is 21.5. The molecule has 3 aromatic rings. The van der Waals surface area contributed by atoms with Crippen molar-refractivity contribution in [3.8, 4) is 0 Å². The molecule has 0 unspecified atom stereocenters. The zero-order valence-corrected chi connectivity index (χ0v) is 18.3. The summed E-state index contributed by atoms with van der Waals surface area (Å²) in [5.74, 6) is -0.791. The van der Waals surface area contributed by atoms with E-state index in [0.29, 0.717) is 29.6 Å². The van der Waals surface area contributed by atoms with E-state index >= 15 is 0 Å². The molecule has 2 aromatic carbocycles. The number of sulfone groups is 1. The van der Waals surface area contributed by atoms with Crippen LogP contribution in [0, 0.1) is 5.82 Å². The molecule has 1 aliphatic heterocycles. The van der Waals surface area contributed by atoms with Crippen LogP contribution in [-0.4, -0.2) is 61.4 Å². The van der Waals surface area contributed by atoms with E-state index in [2.05, 4.69) is 11.8 Å². The Hall–Kier alpha value is -2.71. The minimum Gasteiger partial charge on any atom is -0.339 e. The van der Waals surface area contributed by atoms with E-state index in [1.807, 2.05) is 17.0 Å². The molecule has 1 fully saturated rings. The van der Waals surface area contributed by atoms with Crippen molar-refractivity contribution >= 4 is 26.6 Å². The summed E-state index contributed by atoms with van der Waals surface area (Å²) in [5.41, 5.74) is 1.09. The first-order chi connectivity index (χ1) is 14.9. The predicted molar refractivity (Wildman–Crippen MR) is 118 cm³/mol. The number of likely N-dealkylation sites (N-methyl/N-ethyl adjacent to an activating group) is 1. The highest BCUT2D eigenvalue weighted by Crippen LogP contribution is 2.28. The number of nitrogens with zero attached hydrogens (tertiary/aromatic N) is 3. The van der Waals surface area contributed by atoms with Crippen molar-refractivity contribution in [3.63, 3.8) is 0 Å². The summed E-state index contributed by atoms with van der Waals surface area (Å²) < 4.78 is 41.6. The van der Waals surface area contributed by atoms with Crippen LogP contribution in [0.1, 0.15) is 12.5 Å². The van der Waals surface area contributed by atoms with Gasteiger partial charge in [0.05, 0.1) is 10.6 Å². The first-order valence-corrected chi connectivity index (χ1v) is 12.1. The van der Waals surface area contributed by atoms with Gasteiger partial charge in [-0.25, -0.2) is 12.8 Å². The minimum atomic E-state index is -3.73.